The molecular formula is C14H18BrN3. The van der Waals surface area contributed by atoms with E-state index in [-0.39, 0.29) is 0 Å². The summed E-state index contributed by atoms with van der Waals surface area (Å²) in [6.45, 7) is 4.21. The first-order valence-corrected chi connectivity index (χ1v) is 6.91. The maximum Gasteiger partial charge on any atom is 0.0825 e. The summed E-state index contributed by atoms with van der Waals surface area (Å²) in [4.78, 5) is 0. The van der Waals surface area contributed by atoms with Crippen molar-refractivity contribution < 1.29 is 0 Å². The fourth-order valence-electron chi connectivity index (χ4n) is 2.05. The zero-order valence-corrected chi connectivity index (χ0v) is 12.5. The van der Waals surface area contributed by atoms with Crippen LogP contribution < -0.4 is 5.32 Å². The number of anilines is 1. The summed E-state index contributed by atoms with van der Waals surface area (Å²) in [6.07, 6.45) is 3.06. The van der Waals surface area contributed by atoms with Crippen molar-refractivity contribution in [3.8, 4) is 0 Å². The van der Waals surface area contributed by atoms with Gasteiger partial charge in [0, 0.05) is 17.7 Å². The maximum atomic E-state index is 4.35. The highest BCUT2D eigenvalue weighted by molar-refractivity contribution is 9.10. The summed E-state index contributed by atoms with van der Waals surface area (Å²) in [5, 5.41) is 7.91. The van der Waals surface area contributed by atoms with Gasteiger partial charge in [-0.25, -0.2) is 0 Å². The monoisotopic (exact) mass is 307 g/mol. The maximum absolute atomic E-state index is 4.35. The topological polar surface area (TPSA) is 29.9 Å². The molecule has 0 fully saturated rings. The van der Waals surface area contributed by atoms with Crippen molar-refractivity contribution in [2.75, 3.05) is 5.32 Å². The van der Waals surface area contributed by atoms with Crippen LogP contribution in [0, 0.1) is 6.92 Å². The van der Waals surface area contributed by atoms with Gasteiger partial charge in [-0.15, -0.1) is 0 Å². The molecule has 0 bridgehead atoms. The highest BCUT2D eigenvalue weighted by Gasteiger charge is 2.11. The lowest BCUT2D eigenvalue weighted by Crippen LogP contribution is -2.09. The molecular weight excluding hydrogens is 290 g/mol. The van der Waals surface area contributed by atoms with Crippen LogP contribution in [0.4, 0.5) is 5.69 Å². The third-order valence-electron chi connectivity index (χ3n) is 3.02. The number of hydrogen-bond acceptors (Lipinski definition) is 2. The Morgan fingerprint density at radius 1 is 1.33 bits per heavy atom. The van der Waals surface area contributed by atoms with Crippen LogP contribution in [0.25, 0.3) is 0 Å². The van der Waals surface area contributed by atoms with Crippen molar-refractivity contribution in [3.05, 3.63) is 46.2 Å². The van der Waals surface area contributed by atoms with Gasteiger partial charge in [0.1, 0.15) is 0 Å². The second kappa shape index (κ2) is 5.57. The van der Waals surface area contributed by atoms with Gasteiger partial charge in [-0.1, -0.05) is 35.0 Å². The molecule has 0 aliphatic heterocycles. The molecule has 0 radical (unpaired) electrons. The summed E-state index contributed by atoms with van der Waals surface area (Å²) in [5.74, 6) is 0. The number of benzene rings is 1. The van der Waals surface area contributed by atoms with Crippen molar-refractivity contribution in [2.45, 2.75) is 26.3 Å². The Kier molecular flexibility index (Phi) is 4.07. The molecule has 0 saturated carbocycles. The number of aryl methyl sites for hydroxylation is 2. The molecule has 0 saturated heterocycles. The van der Waals surface area contributed by atoms with Gasteiger partial charge in [-0.3, -0.25) is 4.68 Å². The molecule has 0 aliphatic rings. The van der Waals surface area contributed by atoms with Crippen molar-refractivity contribution in [1.29, 1.82) is 0 Å². The number of aromatic nitrogens is 2. The van der Waals surface area contributed by atoms with Gasteiger partial charge >= 0.3 is 0 Å². The van der Waals surface area contributed by atoms with Gasteiger partial charge in [0.05, 0.1) is 17.4 Å². The SMILES string of the molecule is CCC(Nc1cn(C)nc1C)c1ccc(Br)cc1. The number of nitrogens with zero attached hydrogens (tertiary/aromatic N) is 2. The van der Waals surface area contributed by atoms with Gasteiger partial charge in [-0.05, 0) is 31.0 Å². The van der Waals surface area contributed by atoms with E-state index in [4.69, 9.17) is 0 Å². The molecule has 0 spiro atoms. The van der Waals surface area contributed by atoms with Crippen molar-refractivity contribution in [1.82, 2.24) is 9.78 Å². The van der Waals surface area contributed by atoms with E-state index in [1.807, 2.05) is 24.9 Å². The number of rotatable bonds is 4. The molecule has 1 aromatic heterocycles. The first-order valence-electron chi connectivity index (χ1n) is 6.12. The van der Waals surface area contributed by atoms with Crippen LogP contribution in [-0.4, -0.2) is 9.78 Å². The molecule has 18 heavy (non-hydrogen) atoms. The minimum absolute atomic E-state index is 0.320. The van der Waals surface area contributed by atoms with Crippen LogP contribution in [0.2, 0.25) is 0 Å². The summed E-state index contributed by atoms with van der Waals surface area (Å²) in [7, 11) is 1.94. The van der Waals surface area contributed by atoms with E-state index in [0.29, 0.717) is 6.04 Å². The highest BCUT2D eigenvalue weighted by Crippen LogP contribution is 2.25. The minimum atomic E-state index is 0.320. The van der Waals surface area contributed by atoms with Crippen LogP contribution in [0.1, 0.15) is 30.6 Å². The molecule has 2 rings (SSSR count). The van der Waals surface area contributed by atoms with Crippen LogP contribution >= 0.6 is 15.9 Å². The van der Waals surface area contributed by atoms with Gasteiger partial charge in [0.15, 0.2) is 0 Å². The average molecular weight is 308 g/mol. The second-order valence-corrected chi connectivity index (χ2v) is 5.37. The molecule has 0 aliphatic carbocycles. The third-order valence-corrected chi connectivity index (χ3v) is 3.55. The van der Waals surface area contributed by atoms with E-state index in [0.717, 1.165) is 22.3 Å². The van der Waals surface area contributed by atoms with Crippen LogP contribution in [0.3, 0.4) is 0 Å². The molecule has 4 heteroatoms. The standard InChI is InChI=1S/C14H18BrN3/c1-4-13(11-5-7-12(15)8-6-11)16-14-9-18(3)17-10(14)2/h5-9,13,16H,4H2,1-3H3. The van der Waals surface area contributed by atoms with Crippen LogP contribution in [-0.2, 0) is 7.05 Å². The van der Waals surface area contributed by atoms with Gasteiger partial charge in [0.25, 0.3) is 0 Å². The molecule has 1 aromatic carbocycles. The number of hydrogen-bond donors (Lipinski definition) is 1. The molecule has 0 amide bonds. The normalized spacial score (nSPS) is 12.4. The fraction of sp³-hybridized carbons (Fsp3) is 0.357. The largest absolute Gasteiger partial charge is 0.375 e. The van der Waals surface area contributed by atoms with Crippen LogP contribution in [0.15, 0.2) is 34.9 Å². The summed E-state index contributed by atoms with van der Waals surface area (Å²) in [6, 6.07) is 8.78. The molecule has 1 unspecified atom stereocenters. The lowest BCUT2D eigenvalue weighted by atomic mass is 10.0. The predicted molar refractivity (Wildman–Crippen MR) is 78.7 cm³/mol. The zero-order chi connectivity index (χ0) is 13.1. The first kappa shape index (κ1) is 13.1. The second-order valence-electron chi connectivity index (χ2n) is 4.46. The van der Waals surface area contributed by atoms with E-state index >= 15 is 0 Å². The van der Waals surface area contributed by atoms with E-state index in [9.17, 15) is 0 Å². The Bertz CT molecular complexity index is 516. The van der Waals surface area contributed by atoms with E-state index in [1.165, 1.54) is 5.56 Å². The third kappa shape index (κ3) is 2.93. The lowest BCUT2D eigenvalue weighted by molar-refractivity contribution is 0.747. The molecule has 1 atom stereocenters. The Hall–Kier alpha value is -1.29. The molecule has 96 valence electrons. The van der Waals surface area contributed by atoms with Gasteiger partial charge < -0.3 is 5.32 Å². The number of nitrogens with one attached hydrogen (secondary N) is 1. The highest BCUT2D eigenvalue weighted by atomic mass is 79.9. The Morgan fingerprint density at radius 2 is 2.00 bits per heavy atom. The molecule has 3 nitrogen and oxygen atoms in total. The Labute approximate surface area is 116 Å². The molecule has 1 N–H and O–H groups in total. The minimum Gasteiger partial charge on any atom is -0.375 e. The fourth-order valence-corrected chi connectivity index (χ4v) is 2.31. The summed E-state index contributed by atoms with van der Waals surface area (Å²) < 4.78 is 2.95. The average Bonchev–Trinajstić information content (AvgIpc) is 2.66. The van der Waals surface area contributed by atoms with Crippen LogP contribution in [0.5, 0.6) is 0 Å². The molecule has 2 aromatic rings. The smallest absolute Gasteiger partial charge is 0.0825 e. The van der Waals surface area contributed by atoms with Crippen molar-refractivity contribution >= 4 is 21.6 Å². The van der Waals surface area contributed by atoms with E-state index in [1.54, 1.807) is 0 Å². The van der Waals surface area contributed by atoms with Gasteiger partial charge in [-0.2, -0.15) is 5.10 Å². The zero-order valence-electron chi connectivity index (χ0n) is 10.9. The van der Waals surface area contributed by atoms with E-state index < -0.39 is 0 Å². The Morgan fingerprint density at radius 3 is 2.50 bits per heavy atom. The lowest BCUT2D eigenvalue weighted by Gasteiger charge is -2.18. The van der Waals surface area contributed by atoms with Crippen molar-refractivity contribution in [2.24, 2.45) is 7.05 Å². The number of halogens is 1. The predicted octanol–water partition coefficient (Wildman–Crippen LogP) is 4.05. The van der Waals surface area contributed by atoms with Gasteiger partial charge in [0.2, 0.25) is 0 Å². The first-order chi connectivity index (χ1) is 8.60. The quantitative estimate of drug-likeness (QED) is 0.923. The molecule has 1 heterocycles. The summed E-state index contributed by atoms with van der Waals surface area (Å²) >= 11 is 3.46. The Balaban J connectivity index is 2.19. The van der Waals surface area contributed by atoms with E-state index in [2.05, 4.69) is 57.5 Å². The van der Waals surface area contributed by atoms with Crippen molar-refractivity contribution in [3.63, 3.8) is 0 Å². The summed E-state index contributed by atoms with van der Waals surface area (Å²) in [5.41, 5.74) is 3.43.